The molecule has 0 aromatic heterocycles. The number of likely N-dealkylation sites (tertiary alicyclic amines) is 1. The van der Waals surface area contributed by atoms with E-state index in [-0.39, 0.29) is 11.7 Å². The molecule has 0 saturated carbocycles. The first-order valence-corrected chi connectivity index (χ1v) is 7.57. The second-order valence-electron chi connectivity index (χ2n) is 6.02. The standard InChI is InChI=1S/C15H20N4O3/c1-17-12-6-7-14(17)10-18(9-8-12)15(20)16-11-2-4-13(5-3-11)19(21)22/h2-5,12,14H,6-10H2,1H3,(H,16,20)/t12-,14-/m0/s1. The van der Waals surface area contributed by atoms with Crippen molar-refractivity contribution in [3.8, 4) is 0 Å². The third-order valence-corrected chi connectivity index (χ3v) is 4.77. The van der Waals surface area contributed by atoms with E-state index < -0.39 is 4.92 Å². The molecule has 22 heavy (non-hydrogen) atoms. The number of nitrogens with zero attached hydrogens (tertiary/aromatic N) is 3. The smallest absolute Gasteiger partial charge is 0.321 e. The van der Waals surface area contributed by atoms with Crippen LogP contribution in [0, 0.1) is 10.1 Å². The van der Waals surface area contributed by atoms with E-state index in [1.807, 2.05) is 4.90 Å². The molecule has 1 aromatic carbocycles. The van der Waals surface area contributed by atoms with Gasteiger partial charge in [0, 0.05) is 43.0 Å². The lowest BCUT2D eigenvalue weighted by Gasteiger charge is -2.26. The van der Waals surface area contributed by atoms with Crippen LogP contribution in [0.15, 0.2) is 24.3 Å². The molecule has 2 aliphatic rings. The second kappa shape index (κ2) is 5.92. The summed E-state index contributed by atoms with van der Waals surface area (Å²) in [5.74, 6) is 0. The highest BCUT2D eigenvalue weighted by Crippen LogP contribution is 2.28. The van der Waals surface area contributed by atoms with E-state index in [2.05, 4.69) is 17.3 Å². The SMILES string of the molecule is CN1[C@H]2CC[C@H]1CN(C(=O)Nc1ccc([N+](=O)[O-])cc1)CC2. The maximum absolute atomic E-state index is 12.4. The van der Waals surface area contributed by atoms with Crippen LogP contribution >= 0.6 is 0 Å². The molecule has 3 rings (SSSR count). The molecule has 0 aliphatic carbocycles. The molecule has 1 aromatic rings. The molecular formula is C15H20N4O3. The summed E-state index contributed by atoms with van der Waals surface area (Å²) in [5.41, 5.74) is 0.602. The van der Waals surface area contributed by atoms with Gasteiger partial charge in [-0.2, -0.15) is 0 Å². The van der Waals surface area contributed by atoms with E-state index in [0.29, 0.717) is 17.8 Å². The Labute approximate surface area is 129 Å². The van der Waals surface area contributed by atoms with Gasteiger partial charge in [-0.1, -0.05) is 0 Å². The highest BCUT2D eigenvalue weighted by atomic mass is 16.6. The number of carbonyl (C=O) groups excluding carboxylic acids is 1. The molecule has 2 aliphatic heterocycles. The molecule has 118 valence electrons. The number of nitrogens with one attached hydrogen (secondary N) is 1. The lowest BCUT2D eigenvalue weighted by Crippen LogP contribution is -2.41. The fraction of sp³-hybridized carbons (Fsp3) is 0.533. The first kappa shape index (κ1) is 14.8. The van der Waals surface area contributed by atoms with Crippen molar-refractivity contribution in [2.24, 2.45) is 0 Å². The lowest BCUT2D eigenvalue weighted by atomic mass is 10.1. The molecule has 7 nitrogen and oxygen atoms in total. The second-order valence-corrected chi connectivity index (χ2v) is 6.02. The van der Waals surface area contributed by atoms with E-state index in [1.165, 1.54) is 18.6 Å². The van der Waals surface area contributed by atoms with E-state index in [1.54, 1.807) is 12.1 Å². The monoisotopic (exact) mass is 304 g/mol. The van der Waals surface area contributed by atoms with Crippen molar-refractivity contribution in [3.05, 3.63) is 34.4 Å². The Bertz CT molecular complexity index is 575. The molecular weight excluding hydrogens is 284 g/mol. The average Bonchev–Trinajstić information content (AvgIpc) is 2.72. The summed E-state index contributed by atoms with van der Waals surface area (Å²) in [6.07, 6.45) is 3.36. The summed E-state index contributed by atoms with van der Waals surface area (Å²) < 4.78 is 0. The Kier molecular flexibility index (Phi) is 3.98. The molecule has 7 heteroatoms. The van der Waals surface area contributed by atoms with Crippen LogP contribution in [0.25, 0.3) is 0 Å². The van der Waals surface area contributed by atoms with Gasteiger partial charge in [-0.25, -0.2) is 4.79 Å². The summed E-state index contributed by atoms with van der Waals surface area (Å²) in [7, 11) is 2.14. The molecule has 2 fully saturated rings. The number of nitro groups is 1. The molecule has 2 amide bonds. The van der Waals surface area contributed by atoms with Crippen molar-refractivity contribution in [1.29, 1.82) is 0 Å². The highest BCUT2D eigenvalue weighted by molar-refractivity contribution is 5.89. The highest BCUT2D eigenvalue weighted by Gasteiger charge is 2.35. The van der Waals surface area contributed by atoms with E-state index in [0.717, 1.165) is 25.9 Å². The van der Waals surface area contributed by atoms with Gasteiger partial charge in [0.15, 0.2) is 0 Å². The fourth-order valence-corrected chi connectivity index (χ4v) is 3.36. The minimum atomic E-state index is -0.451. The molecule has 2 bridgehead atoms. The van der Waals surface area contributed by atoms with Gasteiger partial charge >= 0.3 is 6.03 Å². The van der Waals surface area contributed by atoms with Crippen molar-refractivity contribution in [2.45, 2.75) is 31.3 Å². The number of nitro benzene ring substituents is 1. The Hall–Kier alpha value is -2.15. The molecule has 2 heterocycles. The van der Waals surface area contributed by atoms with Crippen molar-refractivity contribution in [3.63, 3.8) is 0 Å². The van der Waals surface area contributed by atoms with Crippen LogP contribution < -0.4 is 5.32 Å². The summed E-state index contributed by atoms with van der Waals surface area (Å²) >= 11 is 0. The van der Waals surface area contributed by atoms with E-state index >= 15 is 0 Å². The van der Waals surface area contributed by atoms with Gasteiger partial charge in [0.05, 0.1) is 4.92 Å². The number of hydrogen-bond donors (Lipinski definition) is 1. The van der Waals surface area contributed by atoms with Crippen LogP contribution in [0.5, 0.6) is 0 Å². The number of hydrogen-bond acceptors (Lipinski definition) is 4. The van der Waals surface area contributed by atoms with Crippen molar-refractivity contribution in [2.75, 3.05) is 25.5 Å². The van der Waals surface area contributed by atoms with E-state index in [4.69, 9.17) is 0 Å². The number of urea groups is 1. The number of anilines is 1. The Morgan fingerprint density at radius 3 is 2.59 bits per heavy atom. The summed E-state index contributed by atoms with van der Waals surface area (Å²) in [6, 6.07) is 6.81. The van der Waals surface area contributed by atoms with Crippen molar-refractivity contribution >= 4 is 17.4 Å². The van der Waals surface area contributed by atoms with Crippen molar-refractivity contribution in [1.82, 2.24) is 9.80 Å². The number of fused-ring (bicyclic) bond motifs is 2. The molecule has 0 unspecified atom stereocenters. The predicted octanol–water partition coefficient (Wildman–Crippen LogP) is 2.30. The first-order valence-electron chi connectivity index (χ1n) is 7.57. The van der Waals surface area contributed by atoms with Crippen LogP contribution in [0.1, 0.15) is 19.3 Å². The maximum Gasteiger partial charge on any atom is 0.321 e. The summed E-state index contributed by atoms with van der Waals surface area (Å²) in [4.78, 5) is 26.8. The zero-order chi connectivity index (χ0) is 15.7. The Morgan fingerprint density at radius 1 is 1.23 bits per heavy atom. The zero-order valence-electron chi connectivity index (χ0n) is 12.6. The third kappa shape index (κ3) is 2.89. The Balaban J connectivity index is 1.63. The van der Waals surface area contributed by atoms with Gasteiger partial charge in [-0.3, -0.25) is 15.0 Å². The van der Waals surface area contributed by atoms with Gasteiger partial charge in [-0.15, -0.1) is 0 Å². The van der Waals surface area contributed by atoms with Crippen LogP contribution in [0.2, 0.25) is 0 Å². The normalized spacial score (nSPS) is 24.9. The molecule has 0 radical (unpaired) electrons. The van der Waals surface area contributed by atoms with Crippen molar-refractivity contribution < 1.29 is 9.72 Å². The maximum atomic E-state index is 12.4. The van der Waals surface area contributed by atoms with Crippen LogP contribution in [0.4, 0.5) is 16.2 Å². The largest absolute Gasteiger partial charge is 0.323 e. The summed E-state index contributed by atoms with van der Waals surface area (Å²) in [5, 5.41) is 13.5. The summed E-state index contributed by atoms with van der Waals surface area (Å²) in [6.45, 7) is 1.50. The number of rotatable bonds is 2. The van der Waals surface area contributed by atoms with Crippen LogP contribution in [-0.4, -0.2) is 53.0 Å². The number of non-ortho nitro benzene ring substituents is 1. The number of amides is 2. The van der Waals surface area contributed by atoms with Gasteiger partial charge in [0.1, 0.15) is 0 Å². The quantitative estimate of drug-likeness (QED) is 0.671. The van der Waals surface area contributed by atoms with Crippen LogP contribution in [-0.2, 0) is 0 Å². The van der Waals surface area contributed by atoms with Crippen LogP contribution in [0.3, 0.4) is 0 Å². The van der Waals surface area contributed by atoms with Gasteiger partial charge < -0.3 is 10.2 Å². The molecule has 1 N–H and O–H groups in total. The zero-order valence-corrected chi connectivity index (χ0v) is 12.6. The molecule has 2 atom stereocenters. The first-order chi connectivity index (χ1) is 10.5. The topological polar surface area (TPSA) is 78.7 Å². The van der Waals surface area contributed by atoms with Gasteiger partial charge in [0.25, 0.3) is 5.69 Å². The predicted molar refractivity (Wildman–Crippen MR) is 82.9 cm³/mol. The minimum Gasteiger partial charge on any atom is -0.323 e. The lowest BCUT2D eigenvalue weighted by molar-refractivity contribution is -0.384. The minimum absolute atomic E-state index is 0.0201. The van der Waals surface area contributed by atoms with E-state index in [9.17, 15) is 14.9 Å². The third-order valence-electron chi connectivity index (χ3n) is 4.77. The number of likely N-dealkylation sites (N-methyl/N-ethyl adjacent to an activating group) is 1. The average molecular weight is 304 g/mol. The fourth-order valence-electron chi connectivity index (χ4n) is 3.36. The van der Waals surface area contributed by atoms with Gasteiger partial charge in [0.2, 0.25) is 0 Å². The number of carbonyl (C=O) groups is 1. The Morgan fingerprint density at radius 2 is 1.91 bits per heavy atom. The van der Waals surface area contributed by atoms with Gasteiger partial charge in [-0.05, 0) is 38.4 Å². The number of benzene rings is 1. The molecule has 0 spiro atoms. The molecule has 2 saturated heterocycles.